The largest absolute Gasteiger partial charge is 0.497 e. The van der Waals surface area contributed by atoms with E-state index in [9.17, 15) is 9.90 Å². The number of methoxy groups -OCH3 is 2. The van der Waals surface area contributed by atoms with Crippen molar-refractivity contribution in [1.29, 1.82) is 0 Å². The number of aliphatic hydroxyl groups is 1. The van der Waals surface area contributed by atoms with Crippen molar-refractivity contribution in [2.75, 3.05) is 20.8 Å². The summed E-state index contributed by atoms with van der Waals surface area (Å²) in [4.78, 5) is 11.5. The lowest BCUT2D eigenvalue weighted by Crippen LogP contribution is -2.52. The molecule has 1 unspecified atom stereocenters. The third kappa shape index (κ3) is 3.45. The maximum atomic E-state index is 11.5. The van der Waals surface area contributed by atoms with Gasteiger partial charge in [-0.3, -0.25) is 5.32 Å². The predicted octanol–water partition coefficient (Wildman–Crippen LogP) is 0.709. The first-order valence-electron chi connectivity index (χ1n) is 5.63. The standard InChI is InChI=1S/C13H19NO4/c1-13(9-15,12(16)18-3)14-8-10-4-6-11(17-2)7-5-10/h4-7,14-15H,8-9H2,1-3H3. The summed E-state index contributed by atoms with van der Waals surface area (Å²) in [5.41, 5.74) is -0.103. The molecule has 1 aromatic rings. The third-order valence-corrected chi connectivity index (χ3v) is 2.79. The van der Waals surface area contributed by atoms with Crippen LogP contribution in [-0.2, 0) is 16.1 Å². The van der Waals surface area contributed by atoms with E-state index >= 15 is 0 Å². The highest BCUT2D eigenvalue weighted by Crippen LogP contribution is 2.13. The van der Waals surface area contributed by atoms with E-state index in [1.54, 1.807) is 14.0 Å². The van der Waals surface area contributed by atoms with E-state index in [4.69, 9.17) is 4.74 Å². The highest BCUT2D eigenvalue weighted by molar-refractivity contribution is 5.80. The van der Waals surface area contributed by atoms with Crippen molar-refractivity contribution >= 4 is 5.97 Å². The van der Waals surface area contributed by atoms with Gasteiger partial charge in [0.15, 0.2) is 0 Å². The Balaban J connectivity index is 2.64. The molecule has 0 aliphatic rings. The normalized spacial score (nSPS) is 13.8. The summed E-state index contributed by atoms with van der Waals surface area (Å²) in [7, 11) is 2.90. The summed E-state index contributed by atoms with van der Waals surface area (Å²) in [6.07, 6.45) is 0. The molecule has 5 nitrogen and oxygen atoms in total. The van der Waals surface area contributed by atoms with Crippen LogP contribution in [0.25, 0.3) is 0 Å². The molecule has 1 atom stereocenters. The third-order valence-electron chi connectivity index (χ3n) is 2.79. The van der Waals surface area contributed by atoms with Crippen molar-refractivity contribution in [3.63, 3.8) is 0 Å². The summed E-state index contributed by atoms with van der Waals surface area (Å²) in [5.74, 6) is 0.287. The number of rotatable bonds is 6. The molecule has 100 valence electrons. The van der Waals surface area contributed by atoms with Gasteiger partial charge in [-0.25, -0.2) is 4.79 Å². The lowest BCUT2D eigenvalue weighted by Gasteiger charge is -2.25. The van der Waals surface area contributed by atoms with Crippen LogP contribution in [0.5, 0.6) is 5.75 Å². The average Bonchev–Trinajstić information content (AvgIpc) is 2.44. The second kappa shape index (κ2) is 6.37. The van der Waals surface area contributed by atoms with E-state index in [0.29, 0.717) is 6.54 Å². The van der Waals surface area contributed by atoms with Crippen LogP contribution in [0.4, 0.5) is 0 Å². The van der Waals surface area contributed by atoms with Gasteiger partial charge in [0.25, 0.3) is 0 Å². The minimum Gasteiger partial charge on any atom is -0.497 e. The molecule has 0 fully saturated rings. The second-order valence-electron chi connectivity index (χ2n) is 4.18. The first-order chi connectivity index (χ1) is 8.55. The molecule has 0 radical (unpaired) electrons. The van der Waals surface area contributed by atoms with Crippen LogP contribution in [0.2, 0.25) is 0 Å². The number of hydrogen-bond acceptors (Lipinski definition) is 5. The van der Waals surface area contributed by atoms with E-state index in [-0.39, 0.29) is 6.61 Å². The molecule has 18 heavy (non-hydrogen) atoms. The van der Waals surface area contributed by atoms with E-state index in [1.807, 2.05) is 24.3 Å². The fourth-order valence-corrected chi connectivity index (χ4v) is 1.46. The van der Waals surface area contributed by atoms with Gasteiger partial charge in [0.1, 0.15) is 11.3 Å². The highest BCUT2D eigenvalue weighted by atomic mass is 16.5. The molecule has 1 rings (SSSR count). The minimum absolute atomic E-state index is 0.324. The molecule has 0 saturated carbocycles. The second-order valence-corrected chi connectivity index (χ2v) is 4.18. The molecule has 0 spiro atoms. The zero-order chi connectivity index (χ0) is 13.6. The van der Waals surface area contributed by atoms with E-state index in [2.05, 4.69) is 10.1 Å². The fourth-order valence-electron chi connectivity index (χ4n) is 1.46. The number of nitrogens with one attached hydrogen (secondary N) is 1. The number of benzene rings is 1. The maximum Gasteiger partial charge on any atom is 0.328 e. The molecule has 0 aliphatic heterocycles. The molecule has 1 aromatic carbocycles. The van der Waals surface area contributed by atoms with Crippen molar-refractivity contribution in [3.05, 3.63) is 29.8 Å². The molecule has 0 aromatic heterocycles. The van der Waals surface area contributed by atoms with Gasteiger partial charge in [-0.2, -0.15) is 0 Å². The summed E-state index contributed by atoms with van der Waals surface area (Å²) in [5, 5.41) is 12.2. The molecule has 0 saturated heterocycles. The van der Waals surface area contributed by atoms with Crippen molar-refractivity contribution in [1.82, 2.24) is 5.32 Å². The Labute approximate surface area is 107 Å². The van der Waals surface area contributed by atoms with Crippen LogP contribution >= 0.6 is 0 Å². The molecule has 0 amide bonds. The van der Waals surface area contributed by atoms with Crippen LogP contribution in [0.15, 0.2) is 24.3 Å². The Hall–Kier alpha value is -1.59. The van der Waals surface area contributed by atoms with Gasteiger partial charge >= 0.3 is 5.97 Å². The topological polar surface area (TPSA) is 67.8 Å². The van der Waals surface area contributed by atoms with Gasteiger partial charge in [0.05, 0.1) is 20.8 Å². The lowest BCUT2D eigenvalue weighted by atomic mass is 10.0. The number of esters is 1. The van der Waals surface area contributed by atoms with Crippen LogP contribution in [0.3, 0.4) is 0 Å². The Morgan fingerprint density at radius 3 is 2.39 bits per heavy atom. The quantitative estimate of drug-likeness (QED) is 0.731. The van der Waals surface area contributed by atoms with Crippen LogP contribution < -0.4 is 10.1 Å². The number of hydrogen-bond donors (Lipinski definition) is 2. The minimum atomic E-state index is -1.09. The summed E-state index contributed by atoms with van der Waals surface area (Å²) in [6, 6.07) is 7.46. The smallest absolute Gasteiger partial charge is 0.328 e. The highest BCUT2D eigenvalue weighted by Gasteiger charge is 2.32. The van der Waals surface area contributed by atoms with Gasteiger partial charge in [-0.15, -0.1) is 0 Å². The van der Waals surface area contributed by atoms with Crippen molar-refractivity contribution < 1.29 is 19.4 Å². The monoisotopic (exact) mass is 253 g/mol. The molecular formula is C13H19NO4. The Morgan fingerprint density at radius 1 is 1.33 bits per heavy atom. The SMILES string of the molecule is COC(=O)C(C)(CO)NCc1ccc(OC)cc1. The number of carbonyl (C=O) groups is 1. The Bertz CT molecular complexity index is 390. The number of aliphatic hydroxyl groups excluding tert-OH is 1. The van der Waals surface area contributed by atoms with E-state index in [1.165, 1.54) is 7.11 Å². The van der Waals surface area contributed by atoms with Gasteiger partial charge in [-0.05, 0) is 24.6 Å². The summed E-state index contributed by atoms with van der Waals surface area (Å²) >= 11 is 0. The molecule has 2 N–H and O–H groups in total. The van der Waals surface area contributed by atoms with Crippen LogP contribution in [-0.4, -0.2) is 37.4 Å². The number of ether oxygens (including phenoxy) is 2. The van der Waals surface area contributed by atoms with Gasteiger partial charge in [0, 0.05) is 6.54 Å². The predicted molar refractivity (Wildman–Crippen MR) is 67.3 cm³/mol. The fraction of sp³-hybridized carbons (Fsp3) is 0.462. The van der Waals surface area contributed by atoms with Gasteiger partial charge in [-0.1, -0.05) is 12.1 Å². The van der Waals surface area contributed by atoms with E-state index < -0.39 is 11.5 Å². The lowest BCUT2D eigenvalue weighted by molar-refractivity contribution is -0.149. The van der Waals surface area contributed by atoms with Crippen LogP contribution in [0, 0.1) is 0 Å². The van der Waals surface area contributed by atoms with Crippen molar-refractivity contribution in [2.45, 2.75) is 19.0 Å². The zero-order valence-electron chi connectivity index (χ0n) is 10.9. The summed E-state index contributed by atoms with van der Waals surface area (Å²) < 4.78 is 9.71. The molecular weight excluding hydrogens is 234 g/mol. The van der Waals surface area contributed by atoms with Gasteiger partial charge in [0.2, 0.25) is 0 Å². The first kappa shape index (κ1) is 14.5. The average molecular weight is 253 g/mol. The molecule has 0 aliphatic carbocycles. The van der Waals surface area contributed by atoms with Gasteiger partial charge < -0.3 is 14.6 Å². The first-order valence-corrected chi connectivity index (χ1v) is 5.63. The summed E-state index contributed by atoms with van der Waals surface area (Å²) in [6.45, 7) is 1.73. The Morgan fingerprint density at radius 2 is 1.94 bits per heavy atom. The molecule has 0 bridgehead atoms. The molecule has 0 heterocycles. The van der Waals surface area contributed by atoms with E-state index in [0.717, 1.165) is 11.3 Å². The zero-order valence-corrected chi connectivity index (χ0v) is 10.9. The van der Waals surface area contributed by atoms with Crippen molar-refractivity contribution in [3.8, 4) is 5.75 Å². The number of carbonyl (C=O) groups excluding carboxylic acids is 1. The van der Waals surface area contributed by atoms with Crippen molar-refractivity contribution in [2.24, 2.45) is 0 Å². The maximum absolute atomic E-state index is 11.5. The van der Waals surface area contributed by atoms with Crippen LogP contribution in [0.1, 0.15) is 12.5 Å². The Kier molecular flexibility index (Phi) is 5.12. The molecule has 5 heteroatoms.